The minimum Gasteiger partial charge on any atom is -0.348 e. The first-order chi connectivity index (χ1) is 11.6. The SMILES string of the molecule is Cn1nc2c(cc1=O)C[C@@H](NC(=O)c1n[nH]c3c1CCCC3)CC2. The standard InChI is InChI=1S/C17H21N5O2/c1-22-15(23)9-10-8-11(6-7-13(10)21-22)18-17(24)16-12-4-2-3-5-14(12)19-20-16/h9,11H,2-8H2,1H3,(H,18,24)(H,19,20)/t11-/m0/s1. The zero-order valence-corrected chi connectivity index (χ0v) is 13.8. The molecule has 2 aliphatic carbocycles. The molecule has 0 aliphatic heterocycles. The predicted molar refractivity (Wildman–Crippen MR) is 88.0 cm³/mol. The van der Waals surface area contributed by atoms with Crippen molar-refractivity contribution >= 4 is 5.91 Å². The molecule has 2 aromatic heterocycles. The summed E-state index contributed by atoms with van der Waals surface area (Å²) in [5.74, 6) is -0.111. The fourth-order valence-electron chi connectivity index (χ4n) is 3.73. The van der Waals surface area contributed by atoms with Crippen LogP contribution in [0, 0.1) is 0 Å². The van der Waals surface area contributed by atoms with Crippen molar-refractivity contribution in [3.63, 3.8) is 0 Å². The maximum Gasteiger partial charge on any atom is 0.272 e. The summed E-state index contributed by atoms with van der Waals surface area (Å²) in [4.78, 5) is 24.4. The van der Waals surface area contributed by atoms with Crippen molar-refractivity contribution < 1.29 is 4.79 Å². The van der Waals surface area contributed by atoms with Crippen LogP contribution in [0.2, 0.25) is 0 Å². The molecule has 2 heterocycles. The van der Waals surface area contributed by atoms with Gasteiger partial charge in [-0.15, -0.1) is 0 Å². The molecular weight excluding hydrogens is 306 g/mol. The Morgan fingerprint density at radius 3 is 3.04 bits per heavy atom. The number of carbonyl (C=O) groups excluding carboxylic acids is 1. The van der Waals surface area contributed by atoms with Crippen LogP contribution in [0.4, 0.5) is 0 Å². The number of carbonyl (C=O) groups is 1. The minimum absolute atomic E-state index is 0.0230. The number of hydrogen-bond donors (Lipinski definition) is 2. The summed E-state index contributed by atoms with van der Waals surface area (Å²) in [6, 6.07) is 1.66. The molecule has 126 valence electrons. The Bertz CT molecular complexity index is 851. The molecule has 7 heteroatoms. The van der Waals surface area contributed by atoms with Crippen molar-refractivity contribution in [1.82, 2.24) is 25.3 Å². The smallest absolute Gasteiger partial charge is 0.272 e. The van der Waals surface area contributed by atoms with E-state index in [2.05, 4.69) is 20.6 Å². The van der Waals surface area contributed by atoms with E-state index < -0.39 is 0 Å². The number of aryl methyl sites for hydroxylation is 3. The first-order valence-corrected chi connectivity index (χ1v) is 8.55. The maximum atomic E-state index is 12.6. The predicted octanol–water partition coefficient (Wildman–Crippen LogP) is 0.669. The summed E-state index contributed by atoms with van der Waals surface area (Å²) in [5, 5.41) is 14.6. The topological polar surface area (TPSA) is 92.7 Å². The monoisotopic (exact) mass is 327 g/mol. The number of aromatic amines is 1. The Morgan fingerprint density at radius 2 is 2.17 bits per heavy atom. The second kappa shape index (κ2) is 5.89. The molecule has 24 heavy (non-hydrogen) atoms. The second-order valence-electron chi connectivity index (χ2n) is 6.73. The number of rotatable bonds is 2. The maximum absolute atomic E-state index is 12.6. The van der Waals surface area contributed by atoms with Crippen LogP contribution in [0.3, 0.4) is 0 Å². The molecule has 0 radical (unpaired) electrons. The van der Waals surface area contributed by atoms with E-state index in [0.29, 0.717) is 12.1 Å². The highest BCUT2D eigenvalue weighted by Gasteiger charge is 2.26. The van der Waals surface area contributed by atoms with Crippen molar-refractivity contribution in [3.05, 3.63) is 44.6 Å². The Hall–Kier alpha value is -2.44. The lowest BCUT2D eigenvalue weighted by atomic mass is 9.91. The summed E-state index contributed by atoms with van der Waals surface area (Å²) < 4.78 is 1.37. The Balaban J connectivity index is 1.50. The lowest BCUT2D eigenvalue weighted by Crippen LogP contribution is -2.40. The van der Waals surface area contributed by atoms with Crippen molar-refractivity contribution in [2.75, 3.05) is 0 Å². The first-order valence-electron chi connectivity index (χ1n) is 8.55. The molecule has 0 unspecified atom stereocenters. The van der Waals surface area contributed by atoms with E-state index in [1.54, 1.807) is 13.1 Å². The van der Waals surface area contributed by atoms with Gasteiger partial charge in [-0.2, -0.15) is 10.2 Å². The molecule has 0 saturated carbocycles. The van der Waals surface area contributed by atoms with Gasteiger partial charge in [0.1, 0.15) is 0 Å². The van der Waals surface area contributed by atoms with E-state index in [9.17, 15) is 9.59 Å². The van der Waals surface area contributed by atoms with Gasteiger partial charge in [0.15, 0.2) is 5.69 Å². The molecule has 0 spiro atoms. The molecule has 2 aromatic rings. The van der Waals surface area contributed by atoms with Gasteiger partial charge >= 0.3 is 0 Å². The lowest BCUT2D eigenvalue weighted by molar-refractivity contribution is 0.0927. The van der Waals surface area contributed by atoms with Gasteiger partial charge in [-0.25, -0.2) is 4.68 Å². The molecule has 1 atom stereocenters. The zero-order valence-electron chi connectivity index (χ0n) is 13.8. The van der Waals surface area contributed by atoms with E-state index in [4.69, 9.17) is 0 Å². The fourth-order valence-corrected chi connectivity index (χ4v) is 3.73. The fraction of sp³-hybridized carbons (Fsp3) is 0.529. The van der Waals surface area contributed by atoms with Crippen LogP contribution in [0.25, 0.3) is 0 Å². The highest BCUT2D eigenvalue weighted by Crippen LogP contribution is 2.23. The molecule has 7 nitrogen and oxygen atoms in total. The van der Waals surface area contributed by atoms with E-state index in [0.717, 1.165) is 61.0 Å². The average molecular weight is 327 g/mol. The second-order valence-corrected chi connectivity index (χ2v) is 6.73. The van der Waals surface area contributed by atoms with Crippen LogP contribution in [0.1, 0.15) is 52.3 Å². The third-order valence-corrected chi connectivity index (χ3v) is 5.06. The molecule has 0 saturated heterocycles. The lowest BCUT2D eigenvalue weighted by Gasteiger charge is -2.24. The molecule has 1 amide bonds. The van der Waals surface area contributed by atoms with Crippen molar-refractivity contribution in [2.24, 2.45) is 7.05 Å². The molecular formula is C17H21N5O2. The van der Waals surface area contributed by atoms with Crippen molar-refractivity contribution in [1.29, 1.82) is 0 Å². The van der Waals surface area contributed by atoms with Crippen molar-refractivity contribution in [3.8, 4) is 0 Å². The number of H-pyrrole nitrogens is 1. The van der Waals surface area contributed by atoms with E-state index in [-0.39, 0.29) is 17.5 Å². The van der Waals surface area contributed by atoms with Crippen LogP contribution >= 0.6 is 0 Å². The molecule has 0 bridgehead atoms. The third-order valence-electron chi connectivity index (χ3n) is 5.06. The summed E-state index contributed by atoms with van der Waals surface area (Å²) in [6.45, 7) is 0. The summed E-state index contributed by atoms with van der Waals surface area (Å²) in [5.41, 5.74) is 4.51. The Morgan fingerprint density at radius 1 is 1.33 bits per heavy atom. The van der Waals surface area contributed by atoms with Crippen LogP contribution in [-0.4, -0.2) is 31.9 Å². The average Bonchev–Trinajstić information content (AvgIpc) is 3.00. The zero-order chi connectivity index (χ0) is 16.7. The molecule has 2 aliphatic rings. The van der Waals surface area contributed by atoms with Gasteiger partial charge in [-0.1, -0.05) is 0 Å². The van der Waals surface area contributed by atoms with Gasteiger partial charge in [-0.05, 0) is 50.5 Å². The van der Waals surface area contributed by atoms with Crippen LogP contribution in [0.5, 0.6) is 0 Å². The van der Waals surface area contributed by atoms with E-state index >= 15 is 0 Å². The van der Waals surface area contributed by atoms with Gasteiger partial charge in [0.2, 0.25) is 0 Å². The number of nitrogens with zero attached hydrogens (tertiary/aromatic N) is 3. The van der Waals surface area contributed by atoms with Crippen LogP contribution in [-0.2, 0) is 32.7 Å². The van der Waals surface area contributed by atoms with Gasteiger partial charge in [0.25, 0.3) is 11.5 Å². The third kappa shape index (κ3) is 2.64. The van der Waals surface area contributed by atoms with Gasteiger partial charge in [0, 0.05) is 30.4 Å². The quantitative estimate of drug-likeness (QED) is 0.848. The normalized spacial score (nSPS) is 19.5. The largest absolute Gasteiger partial charge is 0.348 e. The molecule has 4 rings (SSSR count). The minimum atomic E-state index is -0.111. The molecule has 2 N–H and O–H groups in total. The van der Waals surface area contributed by atoms with E-state index in [1.165, 1.54) is 4.68 Å². The first kappa shape index (κ1) is 15.1. The Kier molecular flexibility index (Phi) is 3.70. The summed E-state index contributed by atoms with van der Waals surface area (Å²) in [6.07, 6.45) is 6.40. The van der Waals surface area contributed by atoms with Crippen LogP contribution in [0.15, 0.2) is 10.9 Å². The van der Waals surface area contributed by atoms with Crippen LogP contribution < -0.4 is 10.9 Å². The number of hydrogen-bond acceptors (Lipinski definition) is 4. The van der Waals surface area contributed by atoms with Gasteiger partial charge < -0.3 is 5.32 Å². The summed E-state index contributed by atoms with van der Waals surface area (Å²) >= 11 is 0. The Labute approximate surface area is 139 Å². The molecule has 0 fully saturated rings. The number of fused-ring (bicyclic) bond motifs is 2. The highest BCUT2D eigenvalue weighted by molar-refractivity contribution is 5.94. The van der Waals surface area contributed by atoms with Gasteiger partial charge in [-0.3, -0.25) is 14.7 Å². The highest BCUT2D eigenvalue weighted by atomic mass is 16.2. The number of aromatic nitrogens is 4. The number of amides is 1. The van der Waals surface area contributed by atoms with E-state index in [1.807, 2.05) is 0 Å². The summed E-state index contributed by atoms with van der Waals surface area (Å²) in [7, 11) is 1.66. The van der Waals surface area contributed by atoms with Crippen molar-refractivity contribution in [2.45, 2.75) is 51.0 Å². The van der Waals surface area contributed by atoms with Gasteiger partial charge in [0.05, 0.1) is 5.69 Å². The number of nitrogens with one attached hydrogen (secondary N) is 2. The molecule has 0 aromatic carbocycles.